The summed E-state index contributed by atoms with van der Waals surface area (Å²) >= 11 is 1.46. The van der Waals surface area contributed by atoms with Gasteiger partial charge in [-0.15, -0.1) is 39.7 Å². The molecule has 0 aromatic heterocycles. The summed E-state index contributed by atoms with van der Waals surface area (Å²) in [6, 6.07) is 37.3. The molecule has 1 aliphatic rings. The summed E-state index contributed by atoms with van der Waals surface area (Å²) in [6.07, 6.45) is 9.00. The zero-order chi connectivity index (χ0) is 33.7. The zero-order valence-corrected chi connectivity index (χ0v) is 32.2. The number of benzene rings is 4. The third-order valence-corrected chi connectivity index (χ3v) is 10.1. The van der Waals surface area contributed by atoms with Gasteiger partial charge in [0.25, 0.3) is 0 Å². The van der Waals surface area contributed by atoms with Gasteiger partial charge >= 0.3 is 99.2 Å². The van der Waals surface area contributed by atoms with Gasteiger partial charge in [-0.25, -0.2) is 6.08 Å². The first-order valence-corrected chi connectivity index (χ1v) is 18.0. The van der Waals surface area contributed by atoms with Crippen LogP contribution in [0.15, 0.2) is 121 Å². The quantitative estimate of drug-likeness (QED) is 0.166. The number of rotatable bonds is 3. The van der Waals surface area contributed by atoms with Crippen LogP contribution in [-0.2, 0) is 35.1 Å². The molecule has 0 saturated heterocycles. The second-order valence-electron chi connectivity index (χ2n) is 15.6. The summed E-state index contributed by atoms with van der Waals surface area (Å²) in [5, 5.41) is 5.49. The van der Waals surface area contributed by atoms with Gasteiger partial charge in [-0.3, -0.25) is 6.08 Å². The Hall–Kier alpha value is -3.02. The van der Waals surface area contributed by atoms with Gasteiger partial charge in [0.15, 0.2) is 0 Å². The SMILES string of the molecule is CC(C)(C)c1ccc2[cH-]c3ccc(C(C)(C)C)cc3c2c1.CCC1[C-]=CC(C(C)(C)C)=C1.[Zr+2]=[C](c1ccccc1)c1ccccc1. The first kappa shape index (κ1) is 35.8. The molecule has 0 amide bonds. The monoisotopic (exact) mass is 682 g/mol. The molecule has 1 heteroatoms. The Kier molecular flexibility index (Phi) is 11.5. The van der Waals surface area contributed by atoms with Crippen molar-refractivity contribution in [3.05, 3.63) is 149 Å². The molecule has 0 radical (unpaired) electrons. The molecule has 1 aliphatic carbocycles. The van der Waals surface area contributed by atoms with Crippen molar-refractivity contribution in [2.24, 2.45) is 11.3 Å². The summed E-state index contributed by atoms with van der Waals surface area (Å²) in [5.74, 6) is 0.573. The summed E-state index contributed by atoms with van der Waals surface area (Å²) in [5.41, 5.74) is 7.60. The molecule has 0 spiro atoms. The molecule has 0 heterocycles. The third kappa shape index (κ3) is 9.29. The fourth-order valence-electron chi connectivity index (χ4n) is 5.52. The minimum atomic E-state index is 0.194. The molecule has 0 bridgehead atoms. The molecule has 5 aromatic rings. The van der Waals surface area contributed by atoms with Crippen LogP contribution in [0.2, 0.25) is 0 Å². The van der Waals surface area contributed by atoms with E-state index < -0.39 is 0 Å². The minimum absolute atomic E-state index is 0.194. The second kappa shape index (κ2) is 14.8. The summed E-state index contributed by atoms with van der Waals surface area (Å²) in [4.78, 5) is 0. The average Bonchev–Trinajstić information content (AvgIpc) is 3.66. The Morgan fingerprint density at radius 1 is 0.630 bits per heavy atom. The first-order chi connectivity index (χ1) is 21.6. The summed E-state index contributed by atoms with van der Waals surface area (Å²) in [6.45, 7) is 22.6. The zero-order valence-electron chi connectivity index (χ0n) is 29.8. The first-order valence-electron chi connectivity index (χ1n) is 16.7. The number of hydrogen-bond acceptors (Lipinski definition) is 0. The van der Waals surface area contributed by atoms with Crippen LogP contribution in [0.4, 0.5) is 0 Å². The number of allylic oxidation sites excluding steroid dienone is 4. The van der Waals surface area contributed by atoms with E-state index in [9.17, 15) is 0 Å². The van der Waals surface area contributed by atoms with E-state index in [0.717, 1.165) is 0 Å². The van der Waals surface area contributed by atoms with Gasteiger partial charge in [0.05, 0.1) is 0 Å². The Morgan fingerprint density at radius 2 is 1.07 bits per heavy atom. The number of fused-ring (bicyclic) bond motifs is 3. The van der Waals surface area contributed by atoms with Crippen LogP contribution in [-0.4, -0.2) is 3.21 Å². The van der Waals surface area contributed by atoms with E-state index in [1.54, 1.807) is 0 Å². The van der Waals surface area contributed by atoms with E-state index in [1.165, 1.54) is 83.2 Å². The van der Waals surface area contributed by atoms with Crippen molar-refractivity contribution >= 4 is 24.8 Å². The van der Waals surface area contributed by atoms with Crippen LogP contribution >= 0.6 is 0 Å². The molecular formula is C45H52Zr. The molecule has 6 rings (SSSR count). The van der Waals surface area contributed by atoms with Crippen molar-refractivity contribution in [1.82, 2.24) is 0 Å². The summed E-state index contributed by atoms with van der Waals surface area (Å²) in [7, 11) is 0. The van der Waals surface area contributed by atoms with E-state index in [-0.39, 0.29) is 10.8 Å². The van der Waals surface area contributed by atoms with Gasteiger partial charge in [-0.1, -0.05) is 122 Å². The van der Waals surface area contributed by atoms with Gasteiger partial charge in [-0.05, 0) is 10.8 Å². The predicted octanol–water partition coefficient (Wildman–Crippen LogP) is 12.5. The molecule has 0 nitrogen and oxygen atoms in total. The molecular weight excluding hydrogens is 632 g/mol. The molecule has 0 saturated carbocycles. The Balaban J connectivity index is 0.000000167. The van der Waals surface area contributed by atoms with Crippen molar-refractivity contribution in [3.8, 4) is 0 Å². The summed E-state index contributed by atoms with van der Waals surface area (Å²) < 4.78 is 1.42. The van der Waals surface area contributed by atoms with E-state index in [0.29, 0.717) is 11.3 Å². The Labute approximate surface area is 294 Å². The van der Waals surface area contributed by atoms with Crippen LogP contribution in [0.3, 0.4) is 0 Å². The maximum atomic E-state index is 3.35. The average molecular weight is 684 g/mol. The molecule has 5 aromatic carbocycles. The molecule has 46 heavy (non-hydrogen) atoms. The molecule has 1 unspecified atom stereocenters. The van der Waals surface area contributed by atoms with Crippen LogP contribution in [0.1, 0.15) is 97.9 Å². The molecule has 0 aliphatic heterocycles. The van der Waals surface area contributed by atoms with Crippen LogP contribution < -0.4 is 0 Å². The van der Waals surface area contributed by atoms with Crippen molar-refractivity contribution in [3.63, 3.8) is 0 Å². The Bertz CT molecular complexity index is 1700. The molecule has 236 valence electrons. The van der Waals surface area contributed by atoms with Gasteiger partial charge in [0.2, 0.25) is 0 Å². The van der Waals surface area contributed by atoms with Gasteiger partial charge in [0.1, 0.15) is 0 Å². The molecule has 0 N–H and O–H groups in total. The van der Waals surface area contributed by atoms with E-state index in [2.05, 4.69) is 191 Å². The van der Waals surface area contributed by atoms with Crippen molar-refractivity contribution in [2.75, 3.05) is 0 Å². The van der Waals surface area contributed by atoms with Crippen molar-refractivity contribution in [1.29, 1.82) is 0 Å². The van der Waals surface area contributed by atoms with Crippen molar-refractivity contribution in [2.45, 2.75) is 86.5 Å². The van der Waals surface area contributed by atoms with Crippen LogP contribution in [0.25, 0.3) is 21.5 Å². The van der Waals surface area contributed by atoms with Crippen LogP contribution in [0, 0.1) is 17.4 Å². The number of hydrogen-bond donors (Lipinski definition) is 0. The van der Waals surface area contributed by atoms with Crippen LogP contribution in [0.5, 0.6) is 0 Å². The maximum absolute atomic E-state index is 3.35. The van der Waals surface area contributed by atoms with E-state index in [1.807, 2.05) is 0 Å². The molecule has 0 fully saturated rings. The molecule has 1 atom stereocenters. The van der Waals surface area contributed by atoms with Gasteiger partial charge in [0, 0.05) is 0 Å². The van der Waals surface area contributed by atoms with Gasteiger partial charge < -0.3 is 0 Å². The van der Waals surface area contributed by atoms with Crippen molar-refractivity contribution < 1.29 is 24.2 Å². The van der Waals surface area contributed by atoms with E-state index >= 15 is 0 Å². The van der Waals surface area contributed by atoms with E-state index in [4.69, 9.17) is 0 Å². The second-order valence-corrected chi connectivity index (χ2v) is 16.8. The van der Waals surface area contributed by atoms with Gasteiger partial charge in [-0.2, -0.15) is 11.6 Å². The fourth-order valence-corrected chi connectivity index (χ4v) is 6.34. The third-order valence-electron chi connectivity index (χ3n) is 8.70. The Morgan fingerprint density at radius 3 is 1.39 bits per heavy atom. The topological polar surface area (TPSA) is 0 Å². The normalized spacial score (nSPS) is 14.8. The standard InChI is InChI=1S/C21H25.C13H10.C11H17.Zr/c1-20(2,3)16-9-7-14-11-15-8-10-17(21(4,5)6)13-19(15)18(14)12-16;1-3-7-12(8-4-1)11-13-9-5-2-6-10-13;1-5-9-6-7-10(8-9)11(2,3)4;/h7-13H,1-6H3;1-10H;7-9H,5H2,1-4H3;/q-1;;-1;+2. The fraction of sp³-hybridized carbons (Fsp3) is 0.333. The predicted molar refractivity (Wildman–Crippen MR) is 200 cm³/mol.